The Balaban J connectivity index is 2.45. The van der Waals surface area contributed by atoms with Crippen LogP contribution in [0.3, 0.4) is 0 Å². The third kappa shape index (κ3) is 1.38. The Morgan fingerprint density at radius 3 is 2.64 bits per heavy atom. The van der Waals surface area contributed by atoms with Crippen molar-refractivity contribution in [2.24, 2.45) is 5.73 Å². The van der Waals surface area contributed by atoms with Gasteiger partial charge < -0.3 is 5.32 Å². The summed E-state index contributed by atoms with van der Waals surface area (Å²) in [5.41, 5.74) is 6.11. The summed E-state index contributed by atoms with van der Waals surface area (Å²) in [5, 5.41) is 2.55. The topological polar surface area (TPSA) is 92.4 Å². The van der Waals surface area contributed by atoms with Crippen molar-refractivity contribution >= 4 is 27.6 Å². The van der Waals surface area contributed by atoms with Crippen molar-refractivity contribution in [1.82, 2.24) is 0 Å². The van der Waals surface area contributed by atoms with Gasteiger partial charge in [0.05, 0.1) is 5.69 Å². The van der Waals surface area contributed by atoms with Crippen LogP contribution in [0.25, 0.3) is 0 Å². The third-order valence-corrected chi connectivity index (χ3v) is 4.57. The lowest BCUT2D eigenvalue weighted by atomic mass is 10.3. The number of anilines is 1. The highest BCUT2D eigenvalue weighted by molar-refractivity contribution is 8.13. The summed E-state index contributed by atoms with van der Waals surface area (Å²) >= 11 is 0.874. The minimum absolute atomic E-state index is 0.609. The van der Waals surface area contributed by atoms with Gasteiger partial charge in [0.1, 0.15) is 0 Å². The molecule has 1 atom stereocenters. The van der Waals surface area contributed by atoms with Crippen LogP contribution in [0.15, 0.2) is 29.2 Å². The molecule has 2 rings (SSSR count). The fraction of sp³-hybridized carbons (Fsp3) is 0.143. The number of benzene rings is 1. The smallest absolute Gasteiger partial charge is 0.314 e. The molecule has 1 heterocycles. The second-order valence-corrected chi connectivity index (χ2v) is 6.01. The molecule has 0 bridgehead atoms. The first kappa shape index (κ1) is 9.78. The second-order valence-electron chi connectivity index (χ2n) is 2.87. The van der Waals surface area contributed by atoms with Crippen LogP contribution in [0.5, 0.6) is 0 Å². The molecule has 14 heavy (non-hydrogen) atoms. The highest BCUT2D eigenvalue weighted by atomic mass is 32.3. The third-order valence-electron chi connectivity index (χ3n) is 1.84. The van der Waals surface area contributed by atoms with E-state index in [-0.39, 0.29) is 0 Å². The van der Waals surface area contributed by atoms with Crippen LogP contribution < -0.4 is 11.1 Å². The largest absolute Gasteiger partial charge is 0.343 e. The van der Waals surface area contributed by atoms with Gasteiger partial charge in [0, 0.05) is 4.90 Å². The Morgan fingerprint density at radius 2 is 2.07 bits per heavy atom. The molecule has 1 aliphatic heterocycles. The van der Waals surface area contributed by atoms with Crippen LogP contribution in [0, 0.1) is 0 Å². The summed E-state index contributed by atoms with van der Waals surface area (Å²) < 4.78 is 29.0. The monoisotopic (exact) mass is 232 g/mol. The molecule has 76 valence electrons. The van der Waals surface area contributed by atoms with E-state index in [0.717, 1.165) is 11.8 Å². The molecule has 1 aromatic rings. The van der Waals surface area contributed by atoms with E-state index in [4.69, 9.17) is 10.3 Å². The number of rotatable bonds is 1. The summed E-state index contributed by atoms with van der Waals surface area (Å²) in [7, 11) is -4.34. The Morgan fingerprint density at radius 1 is 1.43 bits per heavy atom. The highest BCUT2D eigenvalue weighted by Crippen LogP contribution is 2.44. The van der Waals surface area contributed by atoms with Crippen LogP contribution in [-0.4, -0.2) is 17.3 Å². The van der Waals surface area contributed by atoms with E-state index in [9.17, 15) is 8.42 Å². The number of nitrogens with two attached hydrogens (primary N) is 1. The van der Waals surface area contributed by atoms with Crippen molar-refractivity contribution in [1.29, 1.82) is 0 Å². The van der Waals surface area contributed by atoms with Crippen LogP contribution >= 0.6 is 11.8 Å². The maximum absolute atomic E-state index is 11.0. The number of nitrogens with one attached hydrogen (secondary N) is 1. The van der Waals surface area contributed by atoms with Crippen LogP contribution in [-0.2, 0) is 10.1 Å². The number of fused-ring (bicyclic) bond motifs is 1. The lowest BCUT2D eigenvalue weighted by Gasteiger charge is -2.19. The zero-order valence-corrected chi connectivity index (χ0v) is 8.60. The van der Waals surface area contributed by atoms with E-state index in [2.05, 4.69) is 5.32 Å². The molecule has 0 fully saturated rings. The maximum Gasteiger partial charge on any atom is 0.314 e. The average molecular weight is 232 g/mol. The molecule has 4 N–H and O–H groups in total. The predicted molar refractivity (Wildman–Crippen MR) is 54.4 cm³/mol. The molecule has 0 saturated carbocycles. The van der Waals surface area contributed by atoms with Crippen LogP contribution in [0.1, 0.15) is 0 Å². The van der Waals surface area contributed by atoms with Crippen molar-refractivity contribution < 1.29 is 13.0 Å². The fourth-order valence-electron chi connectivity index (χ4n) is 1.15. The van der Waals surface area contributed by atoms with Gasteiger partial charge in [-0.25, -0.2) is 0 Å². The quantitative estimate of drug-likeness (QED) is 0.616. The van der Waals surface area contributed by atoms with Gasteiger partial charge in [-0.1, -0.05) is 23.9 Å². The molecule has 0 aliphatic carbocycles. The van der Waals surface area contributed by atoms with Crippen molar-refractivity contribution in [2.75, 3.05) is 5.32 Å². The van der Waals surface area contributed by atoms with E-state index in [0.29, 0.717) is 10.6 Å². The zero-order valence-electron chi connectivity index (χ0n) is 6.97. The Kier molecular flexibility index (Phi) is 2.00. The summed E-state index contributed by atoms with van der Waals surface area (Å²) in [6.45, 7) is 0. The summed E-state index contributed by atoms with van der Waals surface area (Å²) in [4.78, 5) is 0.702. The van der Waals surface area contributed by atoms with Gasteiger partial charge in [0.25, 0.3) is 4.33 Å². The minimum atomic E-state index is -4.34. The van der Waals surface area contributed by atoms with Crippen molar-refractivity contribution in [3.63, 3.8) is 0 Å². The van der Waals surface area contributed by atoms with Gasteiger partial charge in [-0.3, -0.25) is 10.3 Å². The molecule has 0 amide bonds. The molecular formula is C7H8N2O3S2. The SMILES string of the molecule is NC1(S(=O)(=O)O)Nc2ccccc2S1. The summed E-state index contributed by atoms with van der Waals surface area (Å²) in [5.74, 6) is 0. The molecule has 0 saturated heterocycles. The first-order valence-corrected chi connectivity index (χ1v) is 6.00. The van der Waals surface area contributed by atoms with Crippen molar-refractivity contribution in [3.8, 4) is 0 Å². The normalized spacial score (nSPS) is 25.6. The first-order chi connectivity index (χ1) is 6.42. The number of para-hydroxylation sites is 1. The highest BCUT2D eigenvalue weighted by Gasteiger charge is 2.45. The lowest BCUT2D eigenvalue weighted by molar-refractivity contribution is 0.468. The van der Waals surface area contributed by atoms with E-state index in [1.54, 1.807) is 24.3 Å². The number of hydrogen-bond donors (Lipinski definition) is 3. The van der Waals surface area contributed by atoms with E-state index in [1.807, 2.05) is 0 Å². The minimum Gasteiger partial charge on any atom is -0.343 e. The Labute approximate surface area is 85.4 Å². The fourth-order valence-corrected chi connectivity index (χ4v) is 2.95. The van der Waals surface area contributed by atoms with Gasteiger partial charge in [-0.2, -0.15) is 8.42 Å². The molecule has 0 aromatic heterocycles. The molecule has 0 radical (unpaired) electrons. The molecule has 7 heteroatoms. The lowest BCUT2D eigenvalue weighted by Crippen LogP contribution is -2.48. The average Bonchev–Trinajstić information content (AvgIpc) is 2.40. The molecule has 0 spiro atoms. The standard InChI is InChI=1S/C7H8N2O3S2/c8-7(14(10,11)12)9-5-3-1-2-4-6(5)13-7/h1-4,9H,8H2,(H,10,11,12). The van der Waals surface area contributed by atoms with Gasteiger partial charge in [-0.15, -0.1) is 0 Å². The first-order valence-electron chi connectivity index (χ1n) is 3.74. The van der Waals surface area contributed by atoms with Crippen molar-refractivity contribution in [3.05, 3.63) is 24.3 Å². The van der Waals surface area contributed by atoms with E-state index >= 15 is 0 Å². The zero-order chi connectivity index (χ0) is 10.4. The molecule has 1 aliphatic rings. The van der Waals surface area contributed by atoms with Gasteiger partial charge in [0.15, 0.2) is 0 Å². The maximum atomic E-state index is 11.0. The number of hydrogen-bond acceptors (Lipinski definition) is 5. The Bertz CT molecular complexity index is 447. The predicted octanol–water partition coefficient (Wildman–Crippen LogP) is 0.662. The Hall–Kier alpha value is -0.760. The van der Waals surface area contributed by atoms with Crippen LogP contribution in [0.4, 0.5) is 5.69 Å². The second kappa shape index (κ2) is 2.86. The van der Waals surface area contributed by atoms with E-state index < -0.39 is 14.4 Å². The van der Waals surface area contributed by atoms with E-state index in [1.165, 1.54) is 0 Å². The molecule has 5 nitrogen and oxygen atoms in total. The van der Waals surface area contributed by atoms with Gasteiger partial charge >= 0.3 is 10.1 Å². The summed E-state index contributed by atoms with van der Waals surface area (Å²) in [6, 6.07) is 6.94. The molecule has 1 aromatic carbocycles. The van der Waals surface area contributed by atoms with Crippen molar-refractivity contribution in [2.45, 2.75) is 9.22 Å². The molecular weight excluding hydrogens is 224 g/mol. The number of thioether (sulfide) groups is 1. The van der Waals surface area contributed by atoms with Gasteiger partial charge in [-0.05, 0) is 12.1 Å². The van der Waals surface area contributed by atoms with Crippen LogP contribution in [0.2, 0.25) is 0 Å². The van der Waals surface area contributed by atoms with Gasteiger partial charge in [0.2, 0.25) is 0 Å². The summed E-state index contributed by atoms with van der Waals surface area (Å²) in [6.07, 6.45) is 0. The molecule has 1 unspecified atom stereocenters.